The van der Waals surface area contributed by atoms with Crippen molar-refractivity contribution in [3.63, 3.8) is 0 Å². The Morgan fingerprint density at radius 2 is 1.90 bits per heavy atom. The highest BCUT2D eigenvalue weighted by atomic mass is 19.1. The smallest absolute Gasteiger partial charge is 0.312 e. The average molecular weight is 418 g/mol. The Bertz CT molecular complexity index is 1390. The maximum absolute atomic E-state index is 14.3. The van der Waals surface area contributed by atoms with Crippen LogP contribution in [0.15, 0.2) is 64.1 Å². The second-order valence-electron chi connectivity index (χ2n) is 7.84. The molecule has 1 aliphatic rings. The van der Waals surface area contributed by atoms with E-state index in [2.05, 4.69) is 5.10 Å². The number of esters is 1. The average Bonchev–Trinajstić information content (AvgIpc) is 3.24. The van der Waals surface area contributed by atoms with Gasteiger partial charge in [0.2, 0.25) is 5.43 Å². The molecule has 5 rings (SSSR count). The van der Waals surface area contributed by atoms with Gasteiger partial charge in [-0.3, -0.25) is 14.3 Å². The Labute approximate surface area is 176 Å². The highest BCUT2D eigenvalue weighted by molar-refractivity contribution is 5.90. The normalized spacial score (nSPS) is 15.9. The van der Waals surface area contributed by atoms with Crippen LogP contribution in [0.2, 0.25) is 0 Å². The zero-order valence-corrected chi connectivity index (χ0v) is 17.0. The number of halogens is 1. The van der Waals surface area contributed by atoms with Gasteiger partial charge in [-0.05, 0) is 38.1 Å². The zero-order chi connectivity index (χ0) is 21.7. The molecule has 0 fully saturated rings. The SMILES string of the molecule is CC(C)n1nccc1[C@@H]1CC(=O)Oc2ccc3c(=O)c(-c4ccccc4F)coc3c21. The van der Waals surface area contributed by atoms with Crippen molar-refractivity contribution >= 4 is 16.9 Å². The van der Waals surface area contributed by atoms with Crippen molar-refractivity contribution in [2.24, 2.45) is 0 Å². The summed E-state index contributed by atoms with van der Waals surface area (Å²) in [7, 11) is 0. The Morgan fingerprint density at radius 1 is 1.10 bits per heavy atom. The van der Waals surface area contributed by atoms with Crippen LogP contribution in [0.1, 0.15) is 43.5 Å². The van der Waals surface area contributed by atoms with E-state index in [9.17, 15) is 14.0 Å². The molecule has 0 saturated heterocycles. The number of aromatic nitrogens is 2. The van der Waals surface area contributed by atoms with Crippen LogP contribution in [0.5, 0.6) is 5.75 Å². The molecule has 2 aromatic heterocycles. The van der Waals surface area contributed by atoms with Gasteiger partial charge in [-0.15, -0.1) is 0 Å². The molecule has 156 valence electrons. The number of benzene rings is 2. The van der Waals surface area contributed by atoms with Crippen LogP contribution < -0.4 is 10.2 Å². The van der Waals surface area contributed by atoms with Crippen molar-refractivity contribution in [1.82, 2.24) is 9.78 Å². The number of ether oxygens (including phenoxy) is 1. The lowest BCUT2D eigenvalue weighted by molar-refractivity contribution is -0.135. The zero-order valence-electron chi connectivity index (χ0n) is 17.0. The summed E-state index contributed by atoms with van der Waals surface area (Å²) in [5.41, 5.74) is 1.76. The maximum Gasteiger partial charge on any atom is 0.312 e. The van der Waals surface area contributed by atoms with Gasteiger partial charge in [0.15, 0.2) is 0 Å². The van der Waals surface area contributed by atoms with Crippen LogP contribution in [-0.2, 0) is 4.79 Å². The van der Waals surface area contributed by atoms with Gasteiger partial charge in [0.25, 0.3) is 0 Å². The van der Waals surface area contributed by atoms with E-state index >= 15 is 0 Å². The fourth-order valence-corrected chi connectivity index (χ4v) is 4.21. The number of carbonyl (C=O) groups excluding carboxylic acids is 1. The molecule has 2 aromatic carbocycles. The van der Waals surface area contributed by atoms with Gasteiger partial charge in [-0.25, -0.2) is 4.39 Å². The first-order chi connectivity index (χ1) is 15.0. The third-order valence-electron chi connectivity index (χ3n) is 5.59. The molecular weight excluding hydrogens is 399 g/mol. The number of rotatable bonds is 3. The van der Waals surface area contributed by atoms with Crippen molar-refractivity contribution < 1.29 is 18.3 Å². The molecule has 0 aliphatic carbocycles. The van der Waals surface area contributed by atoms with Gasteiger partial charge < -0.3 is 9.15 Å². The van der Waals surface area contributed by atoms with Crippen LogP contribution in [0.25, 0.3) is 22.1 Å². The summed E-state index contributed by atoms with van der Waals surface area (Å²) >= 11 is 0. The molecule has 0 N–H and O–H groups in total. The molecule has 6 nitrogen and oxygen atoms in total. The summed E-state index contributed by atoms with van der Waals surface area (Å²) in [6, 6.07) is 11.2. The summed E-state index contributed by atoms with van der Waals surface area (Å²) in [6.45, 7) is 4.00. The summed E-state index contributed by atoms with van der Waals surface area (Å²) in [4.78, 5) is 25.6. The number of carbonyl (C=O) groups is 1. The lowest BCUT2D eigenvalue weighted by Crippen LogP contribution is -2.24. The Kier molecular flexibility index (Phi) is 4.46. The Hall–Kier alpha value is -3.74. The minimum absolute atomic E-state index is 0.0843. The third-order valence-corrected chi connectivity index (χ3v) is 5.59. The molecule has 31 heavy (non-hydrogen) atoms. The highest BCUT2D eigenvalue weighted by Crippen LogP contribution is 2.43. The summed E-state index contributed by atoms with van der Waals surface area (Å²) in [5, 5.41) is 4.68. The number of nitrogens with zero attached hydrogens (tertiary/aromatic N) is 2. The van der Waals surface area contributed by atoms with Crippen molar-refractivity contribution in [3.8, 4) is 16.9 Å². The van der Waals surface area contributed by atoms with E-state index in [1.165, 1.54) is 18.4 Å². The number of hydrogen-bond donors (Lipinski definition) is 0. The molecule has 0 unspecified atom stereocenters. The first-order valence-electron chi connectivity index (χ1n) is 10.0. The fourth-order valence-electron chi connectivity index (χ4n) is 4.21. The minimum atomic E-state index is -0.500. The van der Waals surface area contributed by atoms with E-state index < -0.39 is 5.82 Å². The molecule has 0 saturated carbocycles. The van der Waals surface area contributed by atoms with E-state index in [1.807, 2.05) is 24.6 Å². The quantitative estimate of drug-likeness (QED) is 0.352. The molecule has 0 radical (unpaired) electrons. The van der Waals surface area contributed by atoms with Crippen molar-refractivity contribution in [2.45, 2.75) is 32.2 Å². The van der Waals surface area contributed by atoms with Gasteiger partial charge in [0.1, 0.15) is 23.4 Å². The minimum Gasteiger partial charge on any atom is -0.463 e. The third kappa shape index (κ3) is 3.04. The molecule has 4 aromatic rings. The molecule has 7 heteroatoms. The monoisotopic (exact) mass is 418 g/mol. The van der Waals surface area contributed by atoms with E-state index in [0.29, 0.717) is 22.3 Å². The molecule has 0 amide bonds. The molecule has 1 atom stereocenters. The van der Waals surface area contributed by atoms with Crippen molar-refractivity contribution in [1.29, 1.82) is 0 Å². The van der Waals surface area contributed by atoms with Crippen molar-refractivity contribution in [3.05, 3.63) is 82.2 Å². The van der Waals surface area contributed by atoms with Crippen LogP contribution in [0, 0.1) is 5.82 Å². The topological polar surface area (TPSA) is 74.3 Å². The van der Waals surface area contributed by atoms with Crippen LogP contribution in [0.3, 0.4) is 0 Å². The van der Waals surface area contributed by atoms with E-state index in [4.69, 9.17) is 9.15 Å². The van der Waals surface area contributed by atoms with E-state index in [1.54, 1.807) is 30.5 Å². The lowest BCUT2D eigenvalue weighted by atomic mass is 9.88. The number of fused-ring (bicyclic) bond motifs is 3. The fraction of sp³-hybridized carbons (Fsp3) is 0.208. The Morgan fingerprint density at radius 3 is 2.68 bits per heavy atom. The standard InChI is InChI=1S/C24H19FN2O4/c1-13(2)27-19(9-10-26-27)16-11-21(28)31-20-8-7-15-23(29)17(12-30-24(15)22(16)20)14-5-3-4-6-18(14)25/h3-10,12-13,16H,11H2,1-2H3/t16-/m0/s1. The predicted molar refractivity (Wildman–Crippen MR) is 113 cm³/mol. The van der Waals surface area contributed by atoms with E-state index in [-0.39, 0.29) is 40.9 Å². The first kappa shape index (κ1) is 19.2. The van der Waals surface area contributed by atoms with Crippen LogP contribution in [-0.4, -0.2) is 15.7 Å². The highest BCUT2D eigenvalue weighted by Gasteiger charge is 2.34. The largest absolute Gasteiger partial charge is 0.463 e. The molecular formula is C24H19FN2O4. The lowest BCUT2D eigenvalue weighted by Gasteiger charge is -2.26. The first-order valence-corrected chi connectivity index (χ1v) is 10.0. The summed E-state index contributed by atoms with van der Waals surface area (Å²) in [5.74, 6) is -0.891. The molecule has 0 bridgehead atoms. The molecule has 0 spiro atoms. The second kappa shape index (κ2) is 7.19. The maximum atomic E-state index is 14.3. The van der Waals surface area contributed by atoms with Crippen molar-refractivity contribution in [2.75, 3.05) is 0 Å². The van der Waals surface area contributed by atoms with Gasteiger partial charge in [0, 0.05) is 35.0 Å². The molecule has 1 aliphatic heterocycles. The summed E-state index contributed by atoms with van der Waals surface area (Å²) < 4.78 is 27.5. The van der Waals surface area contributed by atoms with Gasteiger partial charge in [0.05, 0.1) is 17.4 Å². The Balaban J connectivity index is 1.76. The number of hydrogen-bond acceptors (Lipinski definition) is 5. The van der Waals surface area contributed by atoms with Gasteiger partial charge >= 0.3 is 5.97 Å². The van der Waals surface area contributed by atoms with Crippen LogP contribution >= 0.6 is 0 Å². The van der Waals surface area contributed by atoms with Crippen LogP contribution in [0.4, 0.5) is 4.39 Å². The second-order valence-corrected chi connectivity index (χ2v) is 7.84. The summed E-state index contributed by atoms with van der Waals surface area (Å²) in [6.07, 6.45) is 3.06. The predicted octanol–water partition coefficient (Wildman–Crippen LogP) is 4.82. The van der Waals surface area contributed by atoms with Gasteiger partial charge in [-0.1, -0.05) is 18.2 Å². The van der Waals surface area contributed by atoms with E-state index in [0.717, 1.165) is 5.69 Å². The molecule has 3 heterocycles. The van der Waals surface area contributed by atoms with Gasteiger partial charge in [-0.2, -0.15) is 5.10 Å².